The molecule has 0 saturated carbocycles. The van der Waals surface area contributed by atoms with Crippen molar-refractivity contribution in [1.29, 1.82) is 0 Å². The first-order chi connectivity index (χ1) is 8.40. The van der Waals surface area contributed by atoms with Gasteiger partial charge in [0.25, 0.3) is 10.0 Å². The van der Waals surface area contributed by atoms with Gasteiger partial charge >= 0.3 is 0 Å². The number of sulfonamides is 1. The van der Waals surface area contributed by atoms with Gasteiger partial charge in [0.15, 0.2) is 0 Å². The van der Waals surface area contributed by atoms with Gasteiger partial charge in [0.1, 0.15) is 4.21 Å². The van der Waals surface area contributed by atoms with Crippen LogP contribution in [-0.2, 0) is 10.0 Å². The van der Waals surface area contributed by atoms with Crippen molar-refractivity contribution < 1.29 is 8.42 Å². The number of aromatic nitrogens is 1. The largest absolute Gasteiger partial charge is 0.277 e. The maximum absolute atomic E-state index is 12.1. The number of rotatable bonds is 3. The Kier molecular flexibility index (Phi) is 3.96. The van der Waals surface area contributed by atoms with Crippen LogP contribution >= 0.6 is 38.9 Å². The number of nitrogens with zero attached hydrogens (tertiary/aromatic N) is 1. The van der Waals surface area contributed by atoms with Gasteiger partial charge in [-0.3, -0.25) is 9.71 Å². The topological polar surface area (TPSA) is 59.1 Å². The van der Waals surface area contributed by atoms with E-state index in [-0.39, 0.29) is 4.21 Å². The van der Waals surface area contributed by atoms with Gasteiger partial charge in [-0.05, 0) is 40.5 Å². The third kappa shape index (κ3) is 2.85. The summed E-state index contributed by atoms with van der Waals surface area (Å²) in [6.07, 6.45) is 3.07. The third-order valence-electron chi connectivity index (χ3n) is 2.17. The summed E-state index contributed by atoms with van der Waals surface area (Å²) in [7, 11) is -3.62. The molecular weight excluding hydrogens is 360 g/mol. The molecule has 0 radical (unpaired) electrons. The first-order valence-corrected chi connectivity index (χ1v) is 8.25. The Morgan fingerprint density at radius 1 is 1.50 bits per heavy atom. The molecule has 2 rings (SSSR count). The van der Waals surface area contributed by atoms with Crippen molar-refractivity contribution in [2.24, 2.45) is 0 Å². The minimum absolute atomic E-state index is 0.155. The van der Waals surface area contributed by atoms with Crippen LogP contribution in [0.15, 0.2) is 32.5 Å². The van der Waals surface area contributed by atoms with Crippen LogP contribution in [0, 0.1) is 6.92 Å². The van der Waals surface area contributed by atoms with Crippen molar-refractivity contribution in [3.8, 4) is 0 Å². The van der Waals surface area contributed by atoms with E-state index in [1.54, 1.807) is 19.2 Å². The number of nitrogens with one attached hydrogen (secondary N) is 1. The zero-order chi connectivity index (χ0) is 13.3. The highest BCUT2D eigenvalue weighted by atomic mass is 79.9. The molecule has 0 aliphatic carbocycles. The van der Waals surface area contributed by atoms with Crippen molar-refractivity contribution in [2.45, 2.75) is 11.1 Å². The Balaban J connectivity index is 2.36. The summed E-state index contributed by atoms with van der Waals surface area (Å²) in [5.41, 5.74) is 1.26. The summed E-state index contributed by atoms with van der Waals surface area (Å²) in [5, 5.41) is 0.378. The lowest BCUT2D eigenvalue weighted by Crippen LogP contribution is -2.12. The number of anilines is 1. The SMILES string of the molecule is Cc1ccncc1NS(=O)(=O)c1cc(Cl)c(Br)s1. The van der Waals surface area contributed by atoms with Crippen LogP contribution in [0.2, 0.25) is 5.02 Å². The molecular formula is C10H8BrClN2O2S2. The Morgan fingerprint density at radius 3 is 2.78 bits per heavy atom. The van der Waals surface area contributed by atoms with Crippen molar-refractivity contribution in [1.82, 2.24) is 4.98 Å². The molecule has 0 aliphatic heterocycles. The molecule has 0 aromatic carbocycles. The normalized spacial score (nSPS) is 11.5. The molecule has 18 heavy (non-hydrogen) atoms. The van der Waals surface area contributed by atoms with Gasteiger partial charge in [-0.1, -0.05) is 11.6 Å². The predicted octanol–water partition coefficient (Wildman–Crippen LogP) is 3.67. The lowest BCUT2D eigenvalue weighted by Gasteiger charge is -2.07. The lowest BCUT2D eigenvalue weighted by molar-refractivity contribution is 0.603. The first-order valence-electron chi connectivity index (χ1n) is 4.78. The van der Waals surface area contributed by atoms with Crippen LogP contribution in [0.3, 0.4) is 0 Å². The van der Waals surface area contributed by atoms with E-state index in [0.29, 0.717) is 14.5 Å². The highest BCUT2D eigenvalue weighted by molar-refractivity contribution is 9.11. The molecule has 0 saturated heterocycles. The molecule has 8 heteroatoms. The number of aryl methyl sites for hydroxylation is 1. The van der Waals surface area contributed by atoms with E-state index in [1.165, 1.54) is 12.3 Å². The molecule has 4 nitrogen and oxygen atoms in total. The lowest BCUT2D eigenvalue weighted by atomic mass is 10.3. The van der Waals surface area contributed by atoms with Crippen LogP contribution in [-0.4, -0.2) is 13.4 Å². The van der Waals surface area contributed by atoms with Crippen LogP contribution in [0.1, 0.15) is 5.56 Å². The monoisotopic (exact) mass is 366 g/mol. The molecule has 2 heterocycles. The quantitative estimate of drug-likeness (QED) is 0.900. The van der Waals surface area contributed by atoms with E-state index in [4.69, 9.17) is 11.6 Å². The zero-order valence-corrected chi connectivity index (χ0v) is 13.1. The fraction of sp³-hybridized carbons (Fsp3) is 0.100. The third-order valence-corrected chi connectivity index (χ3v) is 6.48. The van der Waals surface area contributed by atoms with Crippen molar-refractivity contribution in [3.05, 3.63) is 38.9 Å². The summed E-state index contributed by atoms with van der Waals surface area (Å²) < 4.78 is 27.5. The molecule has 0 amide bonds. The second-order valence-electron chi connectivity index (χ2n) is 3.48. The number of hydrogen-bond acceptors (Lipinski definition) is 4. The average Bonchev–Trinajstić information content (AvgIpc) is 2.63. The zero-order valence-electron chi connectivity index (χ0n) is 9.15. The fourth-order valence-corrected chi connectivity index (χ4v) is 4.74. The maximum atomic E-state index is 12.1. The molecule has 1 N–H and O–H groups in total. The Hall–Kier alpha value is -0.630. The molecule has 0 bridgehead atoms. The Labute approximate surface area is 122 Å². The standard InChI is InChI=1S/C10H8BrClN2O2S2/c1-6-2-3-13-5-8(6)14-18(15,16)9-4-7(12)10(11)17-9/h2-5,14H,1H3. The van der Waals surface area contributed by atoms with E-state index < -0.39 is 10.0 Å². The van der Waals surface area contributed by atoms with Crippen LogP contribution in [0.25, 0.3) is 0 Å². The summed E-state index contributed by atoms with van der Waals surface area (Å²) in [6, 6.07) is 3.14. The summed E-state index contributed by atoms with van der Waals surface area (Å²) in [4.78, 5) is 3.89. The summed E-state index contributed by atoms with van der Waals surface area (Å²) in [6.45, 7) is 1.80. The fourth-order valence-electron chi connectivity index (χ4n) is 1.23. The van der Waals surface area contributed by atoms with E-state index in [0.717, 1.165) is 16.9 Å². The number of halogens is 2. The number of hydrogen-bond donors (Lipinski definition) is 1. The molecule has 0 atom stereocenters. The second-order valence-corrected chi connectivity index (χ2v) is 8.17. The summed E-state index contributed by atoms with van der Waals surface area (Å²) in [5.74, 6) is 0. The van der Waals surface area contributed by atoms with Gasteiger partial charge in [0, 0.05) is 6.20 Å². The smallest absolute Gasteiger partial charge is 0.271 e. The van der Waals surface area contributed by atoms with Gasteiger partial charge in [0.05, 0.1) is 20.7 Å². The van der Waals surface area contributed by atoms with E-state index in [1.807, 2.05) is 0 Å². The van der Waals surface area contributed by atoms with Crippen molar-refractivity contribution >= 4 is 54.6 Å². The van der Waals surface area contributed by atoms with Gasteiger partial charge in [0.2, 0.25) is 0 Å². The van der Waals surface area contributed by atoms with Gasteiger partial charge in [-0.15, -0.1) is 11.3 Å². The van der Waals surface area contributed by atoms with E-state index >= 15 is 0 Å². The van der Waals surface area contributed by atoms with Gasteiger partial charge in [-0.2, -0.15) is 0 Å². The minimum atomic E-state index is -3.62. The van der Waals surface area contributed by atoms with Gasteiger partial charge in [-0.25, -0.2) is 8.42 Å². The van der Waals surface area contributed by atoms with Crippen LogP contribution in [0.5, 0.6) is 0 Å². The minimum Gasteiger partial charge on any atom is -0.277 e. The Bertz CT molecular complexity index is 665. The van der Waals surface area contributed by atoms with E-state index in [9.17, 15) is 8.42 Å². The molecule has 0 unspecified atom stereocenters. The average molecular weight is 368 g/mol. The van der Waals surface area contributed by atoms with Crippen LogP contribution in [0.4, 0.5) is 5.69 Å². The molecule has 96 valence electrons. The summed E-state index contributed by atoms with van der Waals surface area (Å²) >= 11 is 10.1. The second kappa shape index (κ2) is 5.16. The molecule has 0 spiro atoms. The van der Waals surface area contributed by atoms with Crippen molar-refractivity contribution in [2.75, 3.05) is 4.72 Å². The molecule has 0 fully saturated rings. The van der Waals surface area contributed by atoms with E-state index in [2.05, 4.69) is 25.6 Å². The highest BCUT2D eigenvalue weighted by Gasteiger charge is 2.19. The number of pyridine rings is 1. The molecule has 0 aliphatic rings. The predicted molar refractivity (Wildman–Crippen MR) is 76.8 cm³/mol. The molecule has 2 aromatic rings. The van der Waals surface area contributed by atoms with Gasteiger partial charge < -0.3 is 0 Å². The highest BCUT2D eigenvalue weighted by Crippen LogP contribution is 2.35. The first kappa shape index (κ1) is 13.8. The molecule has 2 aromatic heterocycles. The van der Waals surface area contributed by atoms with Crippen LogP contribution < -0.4 is 4.72 Å². The Morgan fingerprint density at radius 2 is 2.22 bits per heavy atom. The van der Waals surface area contributed by atoms with Crippen molar-refractivity contribution in [3.63, 3.8) is 0 Å². The number of thiophene rings is 1. The maximum Gasteiger partial charge on any atom is 0.271 e.